The monoisotopic (exact) mass is 487 g/mol. The third-order valence-corrected chi connectivity index (χ3v) is 7.50. The summed E-state index contributed by atoms with van der Waals surface area (Å²) in [6.07, 6.45) is 2.32. The number of carbonyl (C=O) groups excluding carboxylic acids is 3. The van der Waals surface area contributed by atoms with Gasteiger partial charge in [0.25, 0.3) is 17.1 Å². The van der Waals surface area contributed by atoms with E-state index >= 15 is 0 Å². The molecule has 0 aliphatic carbocycles. The molecule has 0 bridgehead atoms. The van der Waals surface area contributed by atoms with Gasteiger partial charge in [0, 0.05) is 24.7 Å². The van der Waals surface area contributed by atoms with E-state index in [1.165, 1.54) is 24.3 Å². The highest BCUT2D eigenvalue weighted by Gasteiger charge is 2.34. The molecule has 0 spiro atoms. The van der Waals surface area contributed by atoms with Crippen LogP contribution in [0.3, 0.4) is 0 Å². The van der Waals surface area contributed by atoms with Gasteiger partial charge in [-0.3, -0.25) is 19.3 Å². The summed E-state index contributed by atoms with van der Waals surface area (Å²) in [7, 11) is -3.65. The van der Waals surface area contributed by atoms with Crippen LogP contribution >= 0.6 is 11.8 Å². The molecular weight excluding hydrogens is 462 g/mol. The normalized spacial score (nSPS) is 16.3. The molecule has 1 unspecified atom stereocenters. The lowest BCUT2D eigenvalue weighted by molar-refractivity contribution is -0.122. The largest absolute Gasteiger partial charge is 0.350 e. The van der Waals surface area contributed by atoms with E-state index in [2.05, 4.69) is 10.0 Å². The molecule has 0 saturated carbocycles. The van der Waals surface area contributed by atoms with Gasteiger partial charge in [-0.05, 0) is 61.0 Å². The summed E-state index contributed by atoms with van der Waals surface area (Å²) in [5, 5.41) is 2.26. The number of imide groups is 1. The number of carbonyl (C=O) groups is 3. The van der Waals surface area contributed by atoms with Crippen LogP contribution in [0.2, 0.25) is 0 Å². The highest BCUT2D eigenvalue weighted by molar-refractivity contribution is 8.18. The second kappa shape index (κ2) is 10.8. The van der Waals surface area contributed by atoms with Crippen LogP contribution in [0.25, 0.3) is 6.08 Å². The van der Waals surface area contributed by atoms with Crippen LogP contribution < -0.4 is 10.0 Å². The number of hydrogen-bond acceptors (Lipinski definition) is 6. The lowest BCUT2D eigenvalue weighted by Crippen LogP contribution is -2.37. The van der Waals surface area contributed by atoms with Crippen molar-refractivity contribution in [2.45, 2.75) is 31.2 Å². The van der Waals surface area contributed by atoms with E-state index in [4.69, 9.17) is 0 Å². The molecule has 1 saturated heterocycles. The predicted molar refractivity (Wildman–Crippen MR) is 128 cm³/mol. The molecule has 10 heteroatoms. The standard InChI is InChI=1S/C23H25N3O5S2/c1-3-16(2)25-33(30,31)19-11-9-18(10-12-19)21(27)24-13-14-26-22(28)20(32-23(26)29)15-17-7-5-4-6-8-17/h4-12,15-16,25H,3,13-14H2,1-2H3,(H,24,27)/b20-15+. The zero-order valence-electron chi connectivity index (χ0n) is 18.3. The highest BCUT2D eigenvalue weighted by Crippen LogP contribution is 2.31. The summed E-state index contributed by atoms with van der Waals surface area (Å²) in [4.78, 5) is 38.6. The number of rotatable bonds is 9. The number of benzene rings is 2. The summed E-state index contributed by atoms with van der Waals surface area (Å²) >= 11 is 0.864. The Labute approximate surface area is 197 Å². The minimum absolute atomic E-state index is 0.0355. The summed E-state index contributed by atoms with van der Waals surface area (Å²) < 4.78 is 27.2. The molecular formula is C23H25N3O5S2. The molecule has 1 aliphatic rings. The molecule has 2 aromatic carbocycles. The first kappa shape index (κ1) is 24.7. The van der Waals surface area contributed by atoms with E-state index in [-0.39, 0.29) is 34.8 Å². The van der Waals surface area contributed by atoms with Crippen molar-refractivity contribution >= 4 is 44.9 Å². The molecule has 33 heavy (non-hydrogen) atoms. The van der Waals surface area contributed by atoms with Crippen LogP contribution in [-0.4, -0.2) is 49.5 Å². The molecule has 1 aliphatic heterocycles. The number of nitrogens with zero attached hydrogens (tertiary/aromatic N) is 1. The van der Waals surface area contributed by atoms with Crippen molar-refractivity contribution < 1.29 is 22.8 Å². The van der Waals surface area contributed by atoms with Gasteiger partial charge < -0.3 is 5.32 Å². The minimum atomic E-state index is -3.65. The SMILES string of the molecule is CCC(C)NS(=O)(=O)c1ccc(C(=O)NCCN2C(=O)S/C(=C/c3ccccc3)C2=O)cc1. The van der Waals surface area contributed by atoms with Crippen LogP contribution in [0.1, 0.15) is 36.2 Å². The van der Waals surface area contributed by atoms with Crippen molar-refractivity contribution in [3.63, 3.8) is 0 Å². The topological polar surface area (TPSA) is 113 Å². The van der Waals surface area contributed by atoms with Gasteiger partial charge in [0.15, 0.2) is 0 Å². The van der Waals surface area contributed by atoms with E-state index in [9.17, 15) is 22.8 Å². The maximum atomic E-state index is 12.5. The first-order chi connectivity index (χ1) is 15.7. The molecule has 3 amide bonds. The molecule has 174 valence electrons. The fraction of sp³-hybridized carbons (Fsp3) is 0.261. The van der Waals surface area contributed by atoms with Crippen LogP contribution in [-0.2, 0) is 14.8 Å². The molecule has 1 atom stereocenters. The molecule has 0 radical (unpaired) electrons. The maximum absolute atomic E-state index is 12.5. The summed E-state index contributed by atoms with van der Waals surface area (Å²) in [5.74, 6) is -0.827. The van der Waals surface area contributed by atoms with E-state index in [0.717, 1.165) is 22.2 Å². The summed E-state index contributed by atoms with van der Waals surface area (Å²) in [5.41, 5.74) is 1.09. The number of sulfonamides is 1. The van der Waals surface area contributed by atoms with Gasteiger partial charge in [0.2, 0.25) is 10.0 Å². The van der Waals surface area contributed by atoms with E-state index < -0.39 is 21.8 Å². The fourth-order valence-corrected chi connectivity index (χ4v) is 5.17. The smallest absolute Gasteiger partial charge is 0.293 e. The summed E-state index contributed by atoms with van der Waals surface area (Å²) in [6.45, 7) is 3.76. The van der Waals surface area contributed by atoms with Gasteiger partial charge in [-0.15, -0.1) is 0 Å². The van der Waals surface area contributed by atoms with E-state index in [1.54, 1.807) is 13.0 Å². The molecule has 1 fully saturated rings. The minimum Gasteiger partial charge on any atom is -0.350 e. The zero-order valence-corrected chi connectivity index (χ0v) is 19.9. The highest BCUT2D eigenvalue weighted by atomic mass is 32.2. The van der Waals surface area contributed by atoms with Gasteiger partial charge in [0.05, 0.1) is 9.80 Å². The Morgan fingerprint density at radius 1 is 1.09 bits per heavy atom. The molecule has 2 N–H and O–H groups in total. The number of amides is 3. The Balaban J connectivity index is 1.55. The first-order valence-electron chi connectivity index (χ1n) is 10.4. The van der Waals surface area contributed by atoms with Crippen molar-refractivity contribution in [2.24, 2.45) is 0 Å². The summed E-state index contributed by atoms with van der Waals surface area (Å²) in [6, 6.07) is 14.6. The average molecular weight is 488 g/mol. The van der Waals surface area contributed by atoms with Gasteiger partial charge in [-0.25, -0.2) is 13.1 Å². The van der Waals surface area contributed by atoms with Gasteiger partial charge >= 0.3 is 0 Å². The van der Waals surface area contributed by atoms with Crippen molar-refractivity contribution in [1.82, 2.24) is 14.9 Å². The Bertz CT molecular complexity index is 1160. The molecule has 0 aromatic heterocycles. The fourth-order valence-electron chi connectivity index (χ4n) is 2.98. The molecule has 8 nitrogen and oxygen atoms in total. The third kappa shape index (κ3) is 6.31. The Morgan fingerprint density at radius 3 is 2.39 bits per heavy atom. The Kier molecular flexibility index (Phi) is 8.06. The number of hydrogen-bond donors (Lipinski definition) is 2. The lowest BCUT2D eigenvalue weighted by atomic mass is 10.2. The maximum Gasteiger partial charge on any atom is 0.293 e. The predicted octanol–water partition coefficient (Wildman–Crippen LogP) is 3.23. The van der Waals surface area contributed by atoms with Crippen LogP contribution in [0.5, 0.6) is 0 Å². The van der Waals surface area contributed by atoms with Crippen molar-refractivity contribution in [3.8, 4) is 0 Å². The van der Waals surface area contributed by atoms with Crippen molar-refractivity contribution in [3.05, 3.63) is 70.6 Å². The Hall–Kier alpha value is -2.95. The Morgan fingerprint density at radius 2 is 1.76 bits per heavy atom. The third-order valence-electron chi connectivity index (χ3n) is 4.99. The molecule has 2 aromatic rings. The zero-order chi connectivity index (χ0) is 24.0. The molecule has 1 heterocycles. The van der Waals surface area contributed by atoms with Crippen molar-refractivity contribution in [1.29, 1.82) is 0 Å². The molecule has 3 rings (SSSR count). The van der Waals surface area contributed by atoms with Gasteiger partial charge in [-0.2, -0.15) is 0 Å². The number of nitrogens with one attached hydrogen (secondary N) is 2. The quantitative estimate of drug-likeness (QED) is 0.525. The van der Waals surface area contributed by atoms with Crippen molar-refractivity contribution in [2.75, 3.05) is 13.1 Å². The van der Waals surface area contributed by atoms with E-state index in [0.29, 0.717) is 11.3 Å². The lowest BCUT2D eigenvalue weighted by Gasteiger charge is -2.14. The van der Waals surface area contributed by atoms with Gasteiger partial charge in [0.1, 0.15) is 0 Å². The van der Waals surface area contributed by atoms with Crippen LogP contribution in [0.4, 0.5) is 4.79 Å². The van der Waals surface area contributed by atoms with E-state index in [1.807, 2.05) is 37.3 Å². The van der Waals surface area contributed by atoms with Gasteiger partial charge in [-0.1, -0.05) is 37.3 Å². The second-order valence-corrected chi connectivity index (χ2v) is 10.2. The average Bonchev–Trinajstić information content (AvgIpc) is 3.06. The first-order valence-corrected chi connectivity index (χ1v) is 12.7. The van der Waals surface area contributed by atoms with Crippen LogP contribution in [0, 0.1) is 0 Å². The van der Waals surface area contributed by atoms with Crippen LogP contribution in [0.15, 0.2) is 64.4 Å². The second-order valence-electron chi connectivity index (χ2n) is 7.45. The number of thioether (sulfide) groups is 1.